The van der Waals surface area contributed by atoms with Gasteiger partial charge in [-0.3, -0.25) is 4.79 Å². The van der Waals surface area contributed by atoms with Crippen molar-refractivity contribution in [2.45, 2.75) is 17.7 Å². The monoisotopic (exact) mass is 387 g/mol. The van der Waals surface area contributed by atoms with Crippen LogP contribution in [-0.2, 0) is 21.1 Å². The number of carboxylic acids is 1. The summed E-state index contributed by atoms with van der Waals surface area (Å²) in [4.78, 5) is 10.9. The van der Waals surface area contributed by atoms with Gasteiger partial charge in [-0.15, -0.1) is 0 Å². The SMILES string of the molecule is CS(=O)(=O)c1ccc(Nc2cc(Cl)ccc2CCC(=O)O)c(Cl)c1. The highest BCUT2D eigenvalue weighted by Gasteiger charge is 2.12. The Bertz CT molecular complexity index is 882. The van der Waals surface area contributed by atoms with Gasteiger partial charge in [0.25, 0.3) is 0 Å². The first kappa shape index (κ1) is 18.6. The molecule has 0 saturated carbocycles. The van der Waals surface area contributed by atoms with Crippen molar-refractivity contribution in [3.63, 3.8) is 0 Å². The quantitative estimate of drug-likeness (QED) is 0.777. The van der Waals surface area contributed by atoms with Crippen molar-refractivity contribution in [2.24, 2.45) is 0 Å². The summed E-state index contributed by atoms with van der Waals surface area (Å²) in [5.41, 5.74) is 1.89. The van der Waals surface area contributed by atoms with Gasteiger partial charge in [-0.05, 0) is 42.3 Å². The topological polar surface area (TPSA) is 83.5 Å². The molecule has 2 rings (SSSR count). The lowest BCUT2D eigenvalue weighted by Gasteiger charge is -2.14. The van der Waals surface area contributed by atoms with Crippen molar-refractivity contribution in [2.75, 3.05) is 11.6 Å². The summed E-state index contributed by atoms with van der Waals surface area (Å²) in [6, 6.07) is 9.45. The average Bonchev–Trinajstić information content (AvgIpc) is 2.47. The molecule has 0 spiro atoms. The Morgan fingerprint density at radius 1 is 1.12 bits per heavy atom. The molecule has 0 bridgehead atoms. The van der Waals surface area contributed by atoms with Gasteiger partial charge >= 0.3 is 5.97 Å². The number of nitrogens with one attached hydrogen (secondary N) is 1. The third kappa shape index (κ3) is 4.87. The van der Waals surface area contributed by atoms with Crippen LogP contribution >= 0.6 is 23.2 Å². The Morgan fingerprint density at radius 3 is 2.42 bits per heavy atom. The number of rotatable bonds is 6. The van der Waals surface area contributed by atoms with E-state index in [1.54, 1.807) is 24.3 Å². The normalized spacial score (nSPS) is 11.3. The highest BCUT2D eigenvalue weighted by molar-refractivity contribution is 7.90. The van der Waals surface area contributed by atoms with Gasteiger partial charge < -0.3 is 10.4 Å². The highest BCUT2D eigenvalue weighted by atomic mass is 35.5. The van der Waals surface area contributed by atoms with Gasteiger partial charge in [-0.1, -0.05) is 29.3 Å². The van der Waals surface area contributed by atoms with Crippen LogP contribution in [-0.4, -0.2) is 25.7 Å². The largest absolute Gasteiger partial charge is 0.481 e. The molecular weight excluding hydrogens is 373 g/mol. The second kappa shape index (κ2) is 7.42. The Morgan fingerprint density at radius 2 is 1.83 bits per heavy atom. The van der Waals surface area contributed by atoms with E-state index in [4.69, 9.17) is 28.3 Å². The van der Waals surface area contributed by atoms with Crippen LogP contribution in [0.2, 0.25) is 10.0 Å². The first-order valence-electron chi connectivity index (χ1n) is 6.93. The maximum absolute atomic E-state index is 11.6. The molecule has 0 atom stereocenters. The van der Waals surface area contributed by atoms with Crippen molar-refractivity contribution < 1.29 is 18.3 Å². The molecule has 2 aromatic carbocycles. The fraction of sp³-hybridized carbons (Fsp3) is 0.188. The number of halogens is 2. The maximum atomic E-state index is 11.6. The standard InChI is InChI=1S/C16H15Cl2NO4S/c1-24(22,23)12-5-6-14(13(18)9-12)19-15-8-11(17)4-2-10(15)3-7-16(20)21/h2,4-6,8-9,19H,3,7H2,1H3,(H,20,21). The molecule has 2 N–H and O–H groups in total. The fourth-order valence-corrected chi connectivity index (χ4v) is 3.21. The van der Waals surface area contributed by atoms with Crippen LogP contribution in [0.1, 0.15) is 12.0 Å². The second-order valence-corrected chi connectivity index (χ2v) is 8.09. The number of anilines is 2. The van der Waals surface area contributed by atoms with Crippen molar-refractivity contribution >= 4 is 50.4 Å². The molecule has 0 unspecified atom stereocenters. The molecule has 0 aromatic heterocycles. The molecule has 5 nitrogen and oxygen atoms in total. The predicted molar refractivity (Wildman–Crippen MR) is 95.3 cm³/mol. The zero-order valence-electron chi connectivity index (χ0n) is 12.7. The molecule has 0 amide bonds. The van der Waals surface area contributed by atoms with E-state index in [9.17, 15) is 13.2 Å². The van der Waals surface area contributed by atoms with E-state index in [-0.39, 0.29) is 16.3 Å². The van der Waals surface area contributed by atoms with E-state index in [2.05, 4.69) is 5.32 Å². The third-order valence-electron chi connectivity index (χ3n) is 3.32. The first-order valence-corrected chi connectivity index (χ1v) is 9.58. The Hall–Kier alpha value is -1.76. The zero-order chi connectivity index (χ0) is 17.9. The number of aliphatic carboxylic acids is 1. The van der Waals surface area contributed by atoms with Crippen molar-refractivity contribution in [3.8, 4) is 0 Å². The van der Waals surface area contributed by atoms with Crippen LogP contribution in [0.15, 0.2) is 41.3 Å². The van der Waals surface area contributed by atoms with Gasteiger partial charge in [0.1, 0.15) is 0 Å². The molecule has 0 radical (unpaired) electrons. The Labute approximate surface area is 150 Å². The van der Waals surface area contributed by atoms with Gasteiger partial charge in [-0.25, -0.2) is 8.42 Å². The minimum Gasteiger partial charge on any atom is -0.481 e. The number of benzene rings is 2. The summed E-state index contributed by atoms with van der Waals surface area (Å²) in [5, 5.41) is 12.6. The average molecular weight is 388 g/mol. The van der Waals surface area contributed by atoms with Crippen LogP contribution < -0.4 is 5.32 Å². The molecule has 0 fully saturated rings. The zero-order valence-corrected chi connectivity index (χ0v) is 15.0. The third-order valence-corrected chi connectivity index (χ3v) is 4.98. The lowest BCUT2D eigenvalue weighted by Crippen LogP contribution is -2.02. The predicted octanol–water partition coefficient (Wildman–Crippen LogP) is 4.16. The van der Waals surface area contributed by atoms with Gasteiger partial charge in [0.2, 0.25) is 0 Å². The van der Waals surface area contributed by atoms with Crippen LogP contribution in [0.5, 0.6) is 0 Å². The van der Waals surface area contributed by atoms with Crippen LogP contribution in [0.25, 0.3) is 0 Å². The number of carbonyl (C=O) groups is 1. The number of aryl methyl sites for hydroxylation is 1. The molecule has 8 heteroatoms. The number of hydrogen-bond donors (Lipinski definition) is 2. The van der Waals surface area contributed by atoms with Gasteiger partial charge in [0.15, 0.2) is 9.84 Å². The molecule has 2 aromatic rings. The number of carboxylic acid groups (broad SMARTS) is 1. The molecule has 0 heterocycles. The molecule has 0 aliphatic rings. The van der Waals surface area contributed by atoms with E-state index >= 15 is 0 Å². The van der Waals surface area contributed by atoms with E-state index < -0.39 is 15.8 Å². The van der Waals surface area contributed by atoms with Crippen LogP contribution in [0, 0.1) is 0 Å². The molecule has 0 aliphatic carbocycles. The maximum Gasteiger partial charge on any atom is 0.303 e. The summed E-state index contributed by atoms with van der Waals surface area (Å²) in [6.07, 6.45) is 1.41. The highest BCUT2D eigenvalue weighted by Crippen LogP contribution is 2.31. The fourth-order valence-electron chi connectivity index (χ4n) is 2.10. The lowest BCUT2D eigenvalue weighted by atomic mass is 10.1. The van der Waals surface area contributed by atoms with Crippen LogP contribution in [0.3, 0.4) is 0 Å². The summed E-state index contributed by atoms with van der Waals surface area (Å²) >= 11 is 12.2. The smallest absolute Gasteiger partial charge is 0.303 e. The summed E-state index contributed by atoms with van der Waals surface area (Å²) in [5.74, 6) is -0.897. The first-order chi connectivity index (χ1) is 11.2. The molecule has 0 aliphatic heterocycles. The van der Waals surface area contributed by atoms with E-state index in [1.807, 2.05) is 0 Å². The van der Waals surface area contributed by atoms with Gasteiger partial charge in [0, 0.05) is 23.4 Å². The molecular formula is C16H15Cl2NO4S. The minimum absolute atomic E-state index is 0.0168. The second-order valence-electron chi connectivity index (χ2n) is 5.23. The number of sulfone groups is 1. The molecule has 0 saturated heterocycles. The van der Waals surface area contributed by atoms with Gasteiger partial charge in [-0.2, -0.15) is 0 Å². The van der Waals surface area contributed by atoms with E-state index in [1.165, 1.54) is 12.1 Å². The van der Waals surface area contributed by atoms with Crippen LogP contribution in [0.4, 0.5) is 11.4 Å². The summed E-state index contributed by atoms with van der Waals surface area (Å²) in [7, 11) is -3.35. The van der Waals surface area contributed by atoms with Crippen molar-refractivity contribution in [3.05, 3.63) is 52.0 Å². The number of hydrogen-bond acceptors (Lipinski definition) is 4. The summed E-state index contributed by atoms with van der Waals surface area (Å²) < 4.78 is 23.1. The minimum atomic E-state index is -3.35. The Balaban J connectivity index is 2.33. The Kier molecular flexibility index (Phi) is 5.74. The van der Waals surface area contributed by atoms with E-state index in [0.717, 1.165) is 11.8 Å². The summed E-state index contributed by atoms with van der Waals surface area (Å²) in [6.45, 7) is 0. The molecule has 24 heavy (non-hydrogen) atoms. The lowest BCUT2D eigenvalue weighted by molar-refractivity contribution is -0.136. The molecule has 128 valence electrons. The van der Waals surface area contributed by atoms with Gasteiger partial charge in [0.05, 0.1) is 15.6 Å². The van der Waals surface area contributed by atoms with Crippen molar-refractivity contribution in [1.29, 1.82) is 0 Å². The van der Waals surface area contributed by atoms with E-state index in [0.29, 0.717) is 22.8 Å². The van der Waals surface area contributed by atoms with Crippen molar-refractivity contribution in [1.82, 2.24) is 0 Å².